The van der Waals surface area contributed by atoms with Gasteiger partial charge in [0.1, 0.15) is 0 Å². The van der Waals surface area contributed by atoms with Crippen LogP contribution in [-0.2, 0) is 4.74 Å². The quantitative estimate of drug-likeness (QED) is 0.878. The van der Waals surface area contributed by atoms with Gasteiger partial charge in [0, 0.05) is 12.0 Å². The number of nitrogens with zero attached hydrogens (tertiary/aromatic N) is 1. The fraction of sp³-hybridized carbons (Fsp3) is 0.417. The fourth-order valence-corrected chi connectivity index (χ4v) is 1.78. The van der Waals surface area contributed by atoms with Gasteiger partial charge in [-0.1, -0.05) is 18.5 Å². The first-order valence-electron chi connectivity index (χ1n) is 5.14. The molecular formula is C12H13ClN2O. The molecule has 1 N–H and O–H groups in total. The zero-order valence-electron chi connectivity index (χ0n) is 9.09. The van der Waals surface area contributed by atoms with E-state index in [0.717, 1.165) is 25.4 Å². The number of rotatable bonds is 3. The van der Waals surface area contributed by atoms with Crippen molar-refractivity contribution in [1.82, 2.24) is 0 Å². The van der Waals surface area contributed by atoms with E-state index in [-0.39, 0.29) is 5.41 Å². The maximum absolute atomic E-state index is 8.80. The predicted molar refractivity (Wildman–Crippen MR) is 63.6 cm³/mol. The van der Waals surface area contributed by atoms with E-state index in [1.54, 1.807) is 18.2 Å². The molecule has 0 spiro atoms. The van der Waals surface area contributed by atoms with E-state index in [9.17, 15) is 0 Å². The Hall–Kier alpha value is -1.24. The fourth-order valence-electron chi connectivity index (χ4n) is 1.59. The minimum absolute atomic E-state index is 0.186. The molecule has 0 unspecified atom stereocenters. The van der Waals surface area contributed by atoms with Crippen molar-refractivity contribution in [3.8, 4) is 6.07 Å². The number of hydrogen-bond donors (Lipinski definition) is 1. The van der Waals surface area contributed by atoms with Gasteiger partial charge in [0.15, 0.2) is 0 Å². The Labute approximate surface area is 100.0 Å². The highest BCUT2D eigenvalue weighted by Gasteiger charge is 2.33. The van der Waals surface area contributed by atoms with E-state index in [1.807, 2.05) is 0 Å². The van der Waals surface area contributed by atoms with Gasteiger partial charge in [0.05, 0.1) is 35.6 Å². The zero-order valence-corrected chi connectivity index (χ0v) is 9.84. The standard InChI is InChI=1S/C12H13ClN2O/c1-12(7-16-8-12)6-15-11-4-9(5-14)2-3-10(11)13/h2-4,15H,6-8H2,1H3. The highest BCUT2D eigenvalue weighted by molar-refractivity contribution is 6.33. The van der Waals surface area contributed by atoms with Crippen molar-refractivity contribution >= 4 is 17.3 Å². The third-order valence-corrected chi connectivity index (χ3v) is 3.03. The van der Waals surface area contributed by atoms with Crippen LogP contribution in [0.25, 0.3) is 0 Å². The molecule has 16 heavy (non-hydrogen) atoms. The van der Waals surface area contributed by atoms with Crippen LogP contribution in [0.3, 0.4) is 0 Å². The summed E-state index contributed by atoms with van der Waals surface area (Å²) >= 11 is 6.04. The Morgan fingerprint density at radius 2 is 2.31 bits per heavy atom. The van der Waals surface area contributed by atoms with Crippen LogP contribution in [0.2, 0.25) is 5.02 Å². The normalized spacial score (nSPS) is 17.3. The highest BCUT2D eigenvalue weighted by atomic mass is 35.5. The van der Waals surface area contributed by atoms with Crippen molar-refractivity contribution < 1.29 is 4.74 Å². The molecule has 0 atom stereocenters. The summed E-state index contributed by atoms with van der Waals surface area (Å²) in [5, 5.41) is 12.7. The summed E-state index contributed by atoms with van der Waals surface area (Å²) in [5.41, 5.74) is 1.61. The lowest BCUT2D eigenvalue weighted by atomic mass is 9.88. The van der Waals surface area contributed by atoms with Gasteiger partial charge in [-0.3, -0.25) is 0 Å². The molecule has 0 radical (unpaired) electrons. The SMILES string of the molecule is CC1(CNc2cc(C#N)ccc2Cl)COC1. The first kappa shape index (κ1) is 11.3. The van der Waals surface area contributed by atoms with Crippen LogP contribution < -0.4 is 5.32 Å². The average molecular weight is 237 g/mol. The van der Waals surface area contributed by atoms with Gasteiger partial charge < -0.3 is 10.1 Å². The van der Waals surface area contributed by atoms with Crippen molar-refractivity contribution in [1.29, 1.82) is 5.26 Å². The highest BCUT2D eigenvalue weighted by Crippen LogP contribution is 2.29. The molecule has 0 amide bonds. The number of benzene rings is 1. The second-order valence-corrected chi connectivity index (χ2v) is 4.87. The van der Waals surface area contributed by atoms with E-state index < -0.39 is 0 Å². The van der Waals surface area contributed by atoms with Gasteiger partial charge >= 0.3 is 0 Å². The molecule has 1 saturated heterocycles. The van der Waals surface area contributed by atoms with E-state index in [0.29, 0.717) is 10.6 Å². The van der Waals surface area contributed by atoms with Crippen molar-refractivity contribution in [3.63, 3.8) is 0 Å². The van der Waals surface area contributed by atoms with Crippen molar-refractivity contribution in [2.24, 2.45) is 5.41 Å². The Bertz CT molecular complexity index is 435. The molecule has 0 aromatic heterocycles. The van der Waals surface area contributed by atoms with Crippen molar-refractivity contribution in [2.45, 2.75) is 6.92 Å². The summed E-state index contributed by atoms with van der Waals surface area (Å²) in [4.78, 5) is 0. The summed E-state index contributed by atoms with van der Waals surface area (Å²) in [6.45, 7) is 4.51. The van der Waals surface area contributed by atoms with Gasteiger partial charge in [-0.25, -0.2) is 0 Å². The second kappa shape index (κ2) is 4.32. The number of nitrogens with one attached hydrogen (secondary N) is 1. The summed E-state index contributed by atoms with van der Waals surface area (Å²) in [6, 6.07) is 7.31. The van der Waals surface area contributed by atoms with Gasteiger partial charge in [-0.15, -0.1) is 0 Å². The van der Waals surface area contributed by atoms with Crippen LogP contribution in [0, 0.1) is 16.7 Å². The van der Waals surface area contributed by atoms with E-state index in [1.165, 1.54) is 0 Å². The zero-order chi connectivity index (χ0) is 11.6. The topological polar surface area (TPSA) is 45.0 Å². The summed E-state index contributed by atoms with van der Waals surface area (Å²) < 4.78 is 5.18. The molecule has 1 aliphatic rings. The Balaban J connectivity index is 2.06. The maximum Gasteiger partial charge on any atom is 0.0992 e. The molecule has 1 heterocycles. The Morgan fingerprint density at radius 1 is 1.56 bits per heavy atom. The van der Waals surface area contributed by atoms with Gasteiger partial charge in [0.25, 0.3) is 0 Å². The first-order chi connectivity index (χ1) is 7.63. The maximum atomic E-state index is 8.80. The molecular weight excluding hydrogens is 224 g/mol. The van der Waals surface area contributed by atoms with E-state index in [2.05, 4.69) is 18.3 Å². The lowest BCUT2D eigenvalue weighted by Crippen LogP contribution is -2.45. The van der Waals surface area contributed by atoms with Crippen LogP contribution in [0.1, 0.15) is 12.5 Å². The first-order valence-corrected chi connectivity index (χ1v) is 5.52. The molecule has 0 saturated carbocycles. The smallest absolute Gasteiger partial charge is 0.0992 e. The third kappa shape index (κ3) is 2.29. The average Bonchev–Trinajstić information content (AvgIpc) is 2.25. The molecule has 84 valence electrons. The Kier molecular flexibility index (Phi) is 3.04. The van der Waals surface area contributed by atoms with Crippen molar-refractivity contribution in [2.75, 3.05) is 25.1 Å². The van der Waals surface area contributed by atoms with Gasteiger partial charge in [0.2, 0.25) is 0 Å². The largest absolute Gasteiger partial charge is 0.383 e. The number of anilines is 1. The second-order valence-electron chi connectivity index (χ2n) is 4.46. The van der Waals surface area contributed by atoms with E-state index >= 15 is 0 Å². The lowest BCUT2D eigenvalue weighted by Gasteiger charge is -2.38. The van der Waals surface area contributed by atoms with Gasteiger partial charge in [-0.2, -0.15) is 5.26 Å². The molecule has 0 bridgehead atoms. The molecule has 1 fully saturated rings. The van der Waals surface area contributed by atoms with Crippen LogP contribution in [0.5, 0.6) is 0 Å². The predicted octanol–water partition coefficient (Wildman–Crippen LogP) is 2.66. The van der Waals surface area contributed by atoms with E-state index in [4.69, 9.17) is 21.6 Å². The summed E-state index contributed by atoms with van der Waals surface area (Å²) in [5.74, 6) is 0. The van der Waals surface area contributed by atoms with Crippen LogP contribution in [0.15, 0.2) is 18.2 Å². The van der Waals surface area contributed by atoms with Gasteiger partial charge in [-0.05, 0) is 18.2 Å². The molecule has 1 aromatic rings. The minimum atomic E-state index is 0.186. The summed E-state index contributed by atoms with van der Waals surface area (Å²) in [6.07, 6.45) is 0. The van der Waals surface area contributed by atoms with Crippen LogP contribution in [-0.4, -0.2) is 19.8 Å². The number of halogens is 1. The number of hydrogen-bond acceptors (Lipinski definition) is 3. The molecule has 1 aromatic carbocycles. The molecule has 2 rings (SSSR count). The van der Waals surface area contributed by atoms with Crippen molar-refractivity contribution in [3.05, 3.63) is 28.8 Å². The van der Waals surface area contributed by atoms with Crippen LogP contribution in [0.4, 0.5) is 5.69 Å². The monoisotopic (exact) mass is 236 g/mol. The van der Waals surface area contributed by atoms with Crippen LogP contribution >= 0.6 is 11.6 Å². The Morgan fingerprint density at radius 3 is 2.88 bits per heavy atom. The third-order valence-electron chi connectivity index (χ3n) is 2.70. The molecule has 4 heteroatoms. The molecule has 3 nitrogen and oxygen atoms in total. The number of ether oxygens (including phenoxy) is 1. The lowest BCUT2D eigenvalue weighted by molar-refractivity contribution is -0.0924. The minimum Gasteiger partial charge on any atom is -0.383 e. The molecule has 0 aliphatic carbocycles. The number of nitriles is 1. The summed E-state index contributed by atoms with van der Waals surface area (Å²) in [7, 11) is 0. The molecule has 1 aliphatic heterocycles.